The first-order valence-corrected chi connectivity index (χ1v) is 6.44. The van der Waals surface area contributed by atoms with Crippen molar-refractivity contribution < 1.29 is 22.7 Å². The van der Waals surface area contributed by atoms with Gasteiger partial charge in [-0.2, -0.15) is 13.2 Å². The summed E-state index contributed by atoms with van der Waals surface area (Å²) < 4.78 is 42.9. The monoisotopic (exact) mass is 306 g/mol. The second-order valence-electron chi connectivity index (χ2n) is 4.55. The molecular formula is C17H13F3O2. The smallest absolute Gasteiger partial charge is 0.416 e. The number of hydrogen-bond donors (Lipinski definition) is 0. The van der Waals surface area contributed by atoms with E-state index in [-0.39, 0.29) is 5.78 Å². The van der Waals surface area contributed by atoms with Gasteiger partial charge in [0.25, 0.3) is 0 Å². The topological polar surface area (TPSA) is 26.3 Å². The first-order chi connectivity index (χ1) is 10.4. The highest BCUT2D eigenvalue weighted by molar-refractivity contribution is 6.07. The summed E-state index contributed by atoms with van der Waals surface area (Å²) in [6, 6.07) is 11.3. The summed E-state index contributed by atoms with van der Waals surface area (Å²) in [5, 5.41) is 0. The van der Waals surface area contributed by atoms with E-state index >= 15 is 0 Å². The lowest BCUT2D eigenvalue weighted by atomic mass is 10.1. The summed E-state index contributed by atoms with van der Waals surface area (Å²) in [6.45, 7) is 0. The second kappa shape index (κ2) is 6.47. The lowest BCUT2D eigenvalue weighted by molar-refractivity contribution is -0.137. The maximum absolute atomic E-state index is 12.6. The van der Waals surface area contributed by atoms with Crippen molar-refractivity contribution in [3.05, 3.63) is 71.3 Å². The minimum atomic E-state index is -4.40. The van der Waals surface area contributed by atoms with Crippen LogP contribution in [0.15, 0.2) is 54.6 Å². The summed E-state index contributed by atoms with van der Waals surface area (Å²) in [7, 11) is 1.49. The van der Waals surface area contributed by atoms with Crippen molar-refractivity contribution in [2.75, 3.05) is 7.11 Å². The van der Waals surface area contributed by atoms with Crippen molar-refractivity contribution in [2.45, 2.75) is 6.18 Å². The molecule has 114 valence electrons. The van der Waals surface area contributed by atoms with Gasteiger partial charge in [-0.3, -0.25) is 4.79 Å². The van der Waals surface area contributed by atoms with E-state index in [2.05, 4.69) is 0 Å². The molecule has 0 amide bonds. The molecule has 2 nitrogen and oxygen atoms in total. The molecule has 0 radical (unpaired) electrons. The molecule has 0 N–H and O–H groups in total. The number of hydrogen-bond acceptors (Lipinski definition) is 2. The molecule has 0 saturated carbocycles. The molecule has 0 heterocycles. The predicted molar refractivity (Wildman–Crippen MR) is 77.8 cm³/mol. The van der Waals surface area contributed by atoms with E-state index < -0.39 is 11.7 Å². The van der Waals surface area contributed by atoms with Crippen LogP contribution in [-0.4, -0.2) is 12.9 Å². The lowest BCUT2D eigenvalue weighted by Gasteiger charge is -2.06. The number of ether oxygens (including phenoxy) is 1. The fourth-order valence-electron chi connectivity index (χ4n) is 1.86. The number of alkyl halides is 3. The zero-order valence-electron chi connectivity index (χ0n) is 11.7. The van der Waals surface area contributed by atoms with Gasteiger partial charge in [-0.1, -0.05) is 30.3 Å². The minimum absolute atomic E-state index is 0.309. The Labute approximate surface area is 125 Å². The first kappa shape index (κ1) is 15.8. The van der Waals surface area contributed by atoms with Crippen LogP contribution in [0.4, 0.5) is 13.2 Å². The van der Waals surface area contributed by atoms with Gasteiger partial charge in [0, 0.05) is 5.56 Å². The lowest BCUT2D eigenvalue weighted by Crippen LogP contribution is -2.04. The van der Waals surface area contributed by atoms with E-state index in [1.165, 1.54) is 31.4 Å². The van der Waals surface area contributed by atoms with Crippen LogP contribution < -0.4 is 4.74 Å². The molecule has 0 aliphatic heterocycles. The van der Waals surface area contributed by atoms with Crippen molar-refractivity contribution in [1.82, 2.24) is 0 Å². The Morgan fingerprint density at radius 2 is 1.82 bits per heavy atom. The highest BCUT2D eigenvalue weighted by Gasteiger charge is 2.30. The highest BCUT2D eigenvalue weighted by Crippen LogP contribution is 2.29. The molecule has 0 spiro atoms. The van der Waals surface area contributed by atoms with Gasteiger partial charge in [0.05, 0.1) is 12.7 Å². The molecule has 5 heteroatoms. The van der Waals surface area contributed by atoms with E-state index in [4.69, 9.17) is 4.74 Å². The van der Waals surface area contributed by atoms with Crippen molar-refractivity contribution in [2.24, 2.45) is 0 Å². The Hall–Kier alpha value is -2.56. The number of carbonyl (C=O) groups is 1. The fraction of sp³-hybridized carbons (Fsp3) is 0.118. The molecule has 0 atom stereocenters. The van der Waals surface area contributed by atoms with Crippen LogP contribution in [0.2, 0.25) is 0 Å². The minimum Gasteiger partial charge on any atom is -0.497 e. The third kappa shape index (κ3) is 3.97. The average Bonchev–Trinajstić information content (AvgIpc) is 2.52. The number of benzene rings is 2. The van der Waals surface area contributed by atoms with Crippen LogP contribution in [-0.2, 0) is 6.18 Å². The van der Waals surface area contributed by atoms with Gasteiger partial charge in [-0.25, -0.2) is 0 Å². The number of ketones is 1. The number of halogens is 3. The van der Waals surface area contributed by atoms with Crippen LogP contribution in [0, 0.1) is 0 Å². The first-order valence-electron chi connectivity index (χ1n) is 6.44. The summed E-state index contributed by atoms with van der Waals surface area (Å²) in [4.78, 5) is 12.0. The normalized spacial score (nSPS) is 11.6. The van der Waals surface area contributed by atoms with Gasteiger partial charge in [0.15, 0.2) is 5.78 Å². The van der Waals surface area contributed by atoms with Gasteiger partial charge in [-0.05, 0) is 35.9 Å². The Bertz CT molecular complexity index is 703. The molecule has 2 rings (SSSR count). The molecule has 0 fully saturated rings. The molecule has 0 aliphatic rings. The van der Waals surface area contributed by atoms with E-state index in [0.717, 1.165) is 12.1 Å². The Morgan fingerprint density at radius 1 is 1.09 bits per heavy atom. The van der Waals surface area contributed by atoms with Gasteiger partial charge < -0.3 is 4.74 Å². The molecule has 2 aromatic carbocycles. The molecule has 0 bridgehead atoms. The molecule has 0 aromatic heterocycles. The maximum atomic E-state index is 12.6. The summed E-state index contributed by atoms with van der Waals surface area (Å²) in [5.74, 6) is 0.231. The standard InChI is InChI=1S/C17H13F3O2/c1-22-15-7-3-5-13(11-15)16(21)9-8-12-4-2-6-14(10-12)17(18,19)20/h2-11H,1H3/b9-8+. The zero-order valence-corrected chi connectivity index (χ0v) is 11.7. The quantitative estimate of drug-likeness (QED) is 0.609. The number of rotatable bonds is 4. The Kier molecular flexibility index (Phi) is 4.65. The highest BCUT2D eigenvalue weighted by atomic mass is 19.4. The predicted octanol–water partition coefficient (Wildman–Crippen LogP) is 4.61. The third-order valence-corrected chi connectivity index (χ3v) is 3.00. The van der Waals surface area contributed by atoms with Crippen LogP contribution in [0.25, 0.3) is 6.08 Å². The van der Waals surface area contributed by atoms with Crippen molar-refractivity contribution in [3.63, 3.8) is 0 Å². The van der Waals surface area contributed by atoms with E-state index in [1.54, 1.807) is 24.3 Å². The SMILES string of the molecule is COc1cccc(C(=O)/C=C/c2cccc(C(F)(F)F)c2)c1. The van der Waals surface area contributed by atoms with E-state index in [9.17, 15) is 18.0 Å². The summed E-state index contributed by atoms with van der Waals surface area (Å²) in [6.07, 6.45) is -1.80. The zero-order chi connectivity index (χ0) is 16.2. The average molecular weight is 306 g/mol. The van der Waals surface area contributed by atoms with Crippen LogP contribution in [0.1, 0.15) is 21.5 Å². The Morgan fingerprint density at radius 3 is 2.50 bits per heavy atom. The van der Waals surface area contributed by atoms with Crippen LogP contribution in [0.5, 0.6) is 5.75 Å². The van der Waals surface area contributed by atoms with Crippen LogP contribution >= 0.6 is 0 Å². The molecule has 22 heavy (non-hydrogen) atoms. The van der Waals surface area contributed by atoms with E-state index in [0.29, 0.717) is 16.9 Å². The molecule has 0 aliphatic carbocycles. The molecule has 0 unspecified atom stereocenters. The molecule has 2 aromatic rings. The van der Waals surface area contributed by atoms with E-state index in [1.807, 2.05) is 0 Å². The maximum Gasteiger partial charge on any atom is 0.416 e. The fourth-order valence-corrected chi connectivity index (χ4v) is 1.86. The number of carbonyl (C=O) groups excluding carboxylic acids is 1. The number of methoxy groups -OCH3 is 1. The van der Waals surface area contributed by atoms with Gasteiger partial charge in [0.1, 0.15) is 5.75 Å². The molecule has 0 saturated heterocycles. The van der Waals surface area contributed by atoms with Gasteiger partial charge in [0.2, 0.25) is 0 Å². The summed E-state index contributed by atoms with van der Waals surface area (Å²) in [5.41, 5.74) is -0.0304. The van der Waals surface area contributed by atoms with Crippen molar-refractivity contribution in [1.29, 1.82) is 0 Å². The third-order valence-electron chi connectivity index (χ3n) is 3.00. The van der Waals surface area contributed by atoms with Gasteiger partial charge >= 0.3 is 6.18 Å². The molecular weight excluding hydrogens is 293 g/mol. The second-order valence-corrected chi connectivity index (χ2v) is 4.55. The largest absolute Gasteiger partial charge is 0.497 e. The van der Waals surface area contributed by atoms with Gasteiger partial charge in [-0.15, -0.1) is 0 Å². The van der Waals surface area contributed by atoms with Crippen LogP contribution in [0.3, 0.4) is 0 Å². The summed E-state index contributed by atoms with van der Waals surface area (Å²) >= 11 is 0. The number of allylic oxidation sites excluding steroid dienone is 1. The Balaban J connectivity index is 2.19. The van der Waals surface area contributed by atoms with Crippen molar-refractivity contribution in [3.8, 4) is 5.75 Å². The van der Waals surface area contributed by atoms with Crippen molar-refractivity contribution >= 4 is 11.9 Å².